The van der Waals surface area contributed by atoms with Crippen LogP contribution < -0.4 is 10.1 Å². The van der Waals surface area contributed by atoms with Crippen LogP contribution in [0.1, 0.15) is 63.0 Å². The van der Waals surface area contributed by atoms with Crippen LogP contribution >= 0.6 is 0 Å². The molecule has 4 heterocycles. The Morgan fingerprint density at radius 1 is 0.893 bits per heavy atom. The Balaban J connectivity index is 1.70. The molecule has 9 atom stereocenters. The standard InChI is InChI=1S/C41H56N4O11/c1-20-11-10-12-21(2)40(53)43-31-26(19-42-45-16-14-44(8)15-17-45)36(50)28-29(37(31)51)35(49)25(6)38-30(28)39(52)41(7,56-38)55-18-13-27(54-9)22(3)33(47)24(5)34(48)23(4)32(20)46/h10-13,18-20,22-24,27,32-34,46-51H,14-17H2,1-9H3,(H,43,53)/b11-10?,18-13-,21-12-,42-19+/t20-,22-,23+,24-,27-,32-,33+,34+,41-/m1/s1. The fourth-order valence-electron chi connectivity index (χ4n) is 7.53. The summed E-state index contributed by atoms with van der Waals surface area (Å²) in [6.45, 7) is 13.8. The van der Waals surface area contributed by atoms with Crippen LogP contribution in [0.2, 0.25) is 0 Å². The van der Waals surface area contributed by atoms with Gasteiger partial charge in [-0.05, 0) is 27.0 Å². The van der Waals surface area contributed by atoms with E-state index in [1.807, 2.05) is 7.05 Å². The van der Waals surface area contributed by atoms with E-state index in [-0.39, 0.29) is 44.5 Å². The number of carbonyl (C=O) groups excluding carboxylic acids is 2. The molecule has 2 aromatic carbocycles. The van der Waals surface area contributed by atoms with E-state index in [9.17, 15) is 40.2 Å². The summed E-state index contributed by atoms with van der Waals surface area (Å²) in [4.78, 5) is 30.1. The molecule has 4 aliphatic rings. The number of hydrogen-bond donors (Lipinski definition) is 7. The Kier molecular flexibility index (Phi) is 12.8. The average molecular weight is 781 g/mol. The number of ketones is 1. The lowest BCUT2D eigenvalue weighted by Crippen LogP contribution is -2.44. The maximum absolute atomic E-state index is 14.3. The average Bonchev–Trinajstić information content (AvgIpc) is 3.44. The molecule has 1 saturated heterocycles. The Labute approximate surface area is 327 Å². The second kappa shape index (κ2) is 16.8. The second-order valence-electron chi connectivity index (χ2n) is 15.5. The van der Waals surface area contributed by atoms with Crippen LogP contribution in [-0.4, -0.2) is 129 Å². The molecule has 7 N–H and O–H groups in total. The van der Waals surface area contributed by atoms with Gasteiger partial charge in [-0.25, -0.2) is 0 Å². The summed E-state index contributed by atoms with van der Waals surface area (Å²) >= 11 is 0. The van der Waals surface area contributed by atoms with Gasteiger partial charge < -0.3 is 55.1 Å². The summed E-state index contributed by atoms with van der Waals surface area (Å²) in [6.07, 6.45) is 4.79. The van der Waals surface area contributed by atoms with Gasteiger partial charge in [-0.2, -0.15) is 5.10 Å². The van der Waals surface area contributed by atoms with Crippen molar-refractivity contribution in [1.29, 1.82) is 0 Å². The molecule has 0 aliphatic carbocycles. The first kappa shape index (κ1) is 42.5. The highest BCUT2D eigenvalue weighted by atomic mass is 16.7. The van der Waals surface area contributed by atoms with Crippen molar-refractivity contribution >= 4 is 34.4 Å². The molecule has 15 nitrogen and oxygen atoms in total. The Hall–Kier alpha value is -4.67. The summed E-state index contributed by atoms with van der Waals surface area (Å²) in [5, 5.41) is 77.6. The van der Waals surface area contributed by atoms with Crippen LogP contribution in [0.3, 0.4) is 0 Å². The monoisotopic (exact) mass is 780 g/mol. The van der Waals surface area contributed by atoms with Crippen molar-refractivity contribution < 1.29 is 54.4 Å². The Morgan fingerprint density at radius 3 is 2.16 bits per heavy atom. The molecule has 56 heavy (non-hydrogen) atoms. The zero-order valence-electron chi connectivity index (χ0n) is 33.5. The minimum absolute atomic E-state index is 0.0688. The van der Waals surface area contributed by atoms with E-state index in [2.05, 4.69) is 15.3 Å². The van der Waals surface area contributed by atoms with E-state index < -0.39 is 82.8 Å². The molecule has 2 aromatic rings. The molecule has 6 rings (SSSR count). The summed E-state index contributed by atoms with van der Waals surface area (Å²) in [7, 11) is 3.43. The molecule has 0 aromatic heterocycles. The molecule has 1 fully saturated rings. The number of fused-ring (bicyclic) bond motifs is 14. The number of likely N-dealkylation sites (N-methyl/N-ethyl adjacent to an activating group) is 1. The summed E-state index contributed by atoms with van der Waals surface area (Å²) in [5.74, 6) is -7.59. The molecule has 5 bridgehead atoms. The van der Waals surface area contributed by atoms with Crippen molar-refractivity contribution in [2.24, 2.45) is 28.8 Å². The number of allylic oxidation sites excluding steroid dienone is 2. The number of nitrogens with one attached hydrogen (secondary N) is 1. The van der Waals surface area contributed by atoms with Crippen molar-refractivity contribution in [3.63, 3.8) is 0 Å². The number of carbonyl (C=O) groups is 2. The number of anilines is 1. The first-order valence-corrected chi connectivity index (χ1v) is 18.9. The van der Waals surface area contributed by atoms with Crippen LogP contribution in [-0.2, 0) is 14.3 Å². The lowest BCUT2D eigenvalue weighted by molar-refractivity contribution is -0.112. The van der Waals surface area contributed by atoms with Gasteiger partial charge in [0.2, 0.25) is 0 Å². The lowest BCUT2D eigenvalue weighted by Gasteiger charge is -2.36. The summed E-state index contributed by atoms with van der Waals surface area (Å²) in [5.41, 5.74) is -0.290. The minimum atomic E-state index is -2.01. The third-order valence-corrected chi connectivity index (χ3v) is 11.6. The normalized spacial score (nSPS) is 32.7. The van der Waals surface area contributed by atoms with Gasteiger partial charge in [-0.1, -0.05) is 45.9 Å². The number of aliphatic hydroxyl groups is 3. The van der Waals surface area contributed by atoms with Crippen LogP contribution in [0, 0.1) is 30.6 Å². The third kappa shape index (κ3) is 7.96. The lowest BCUT2D eigenvalue weighted by atomic mass is 9.78. The van der Waals surface area contributed by atoms with Gasteiger partial charge in [0, 0.05) is 80.4 Å². The van der Waals surface area contributed by atoms with Crippen LogP contribution in [0.4, 0.5) is 5.69 Å². The number of phenols is 3. The quantitative estimate of drug-likeness (QED) is 0.134. The summed E-state index contributed by atoms with van der Waals surface area (Å²) < 4.78 is 17.7. The molecule has 1 amide bonds. The van der Waals surface area contributed by atoms with Gasteiger partial charge in [0.15, 0.2) is 5.75 Å². The van der Waals surface area contributed by atoms with E-state index in [0.717, 1.165) is 13.1 Å². The molecule has 0 spiro atoms. The number of phenolic OH excluding ortho intramolecular Hbond substituents is 3. The van der Waals surface area contributed by atoms with Crippen molar-refractivity contribution in [3.8, 4) is 23.0 Å². The van der Waals surface area contributed by atoms with Gasteiger partial charge >= 0.3 is 5.79 Å². The molecule has 306 valence electrons. The minimum Gasteiger partial charge on any atom is -0.507 e. The first-order valence-electron chi connectivity index (χ1n) is 18.9. The zero-order chi connectivity index (χ0) is 41.4. The molecule has 15 heteroatoms. The number of amides is 1. The number of aliphatic hydroxyl groups excluding tert-OH is 3. The van der Waals surface area contributed by atoms with Crippen LogP contribution in [0.5, 0.6) is 23.0 Å². The maximum atomic E-state index is 14.3. The van der Waals surface area contributed by atoms with Gasteiger partial charge in [0.1, 0.15) is 17.2 Å². The SMILES string of the molecule is CO[C@@H]1/C=C\O[C@]2(C)Oc3c(C)c(O)c4c(O)c(c(/C=N/N5CCN(C)CC5)c(O)c4c3C2=O)NC(=O)/C(C)=C\C=C[C@@H](C)[C@@H](O)[C@H](C)[C@H](O)[C@H](C)[C@@H](O)[C@@H]1C. The smallest absolute Gasteiger partial charge is 0.312 e. The Morgan fingerprint density at radius 2 is 1.52 bits per heavy atom. The largest absolute Gasteiger partial charge is 0.507 e. The third-order valence-electron chi connectivity index (χ3n) is 11.6. The van der Waals surface area contributed by atoms with E-state index in [4.69, 9.17) is 14.2 Å². The number of piperazine rings is 1. The van der Waals surface area contributed by atoms with Crippen LogP contribution in [0.15, 0.2) is 41.2 Å². The summed E-state index contributed by atoms with van der Waals surface area (Å²) in [6, 6.07) is 0. The number of methoxy groups -OCH3 is 1. The van der Waals surface area contributed by atoms with Crippen molar-refractivity contribution in [2.45, 2.75) is 78.7 Å². The van der Waals surface area contributed by atoms with E-state index in [1.165, 1.54) is 52.5 Å². The first-order chi connectivity index (χ1) is 26.3. The predicted octanol–water partition coefficient (Wildman–Crippen LogP) is 3.76. The molecular weight excluding hydrogens is 724 g/mol. The molecule has 0 unspecified atom stereocenters. The highest BCUT2D eigenvalue weighted by Crippen LogP contribution is 2.55. The molecule has 0 saturated carbocycles. The van der Waals surface area contributed by atoms with Gasteiger partial charge in [0.25, 0.3) is 11.7 Å². The Bertz CT molecular complexity index is 1950. The van der Waals surface area contributed by atoms with Gasteiger partial charge in [0.05, 0.1) is 59.1 Å². The molecule has 0 radical (unpaired) electrons. The number of rotatable bonds is 3. The van der Waals surface area contributed by atoms with E-state index in [1.54, 1.807) is 44.9 Å². The molecule has 4 aliphatic heterocycles. The number of nitrogens with zero attached hydrogens (tertiary/aromatic N) is 3. The van der Waals surface area contributed by atoms with Crippen molar-refractivity contribution in [2.75, 3.05) is 45.7 Å². The fraction of sp³-hybridized carbons (Fsp3) is 0.537. The predicted molar refractivity (Wildman–Crippen MR) is 211 cm³/mol. The highest BCUT2D eigenvalue weighted by molar-refractivity contribution is 6.23. The number of benzene rings is 2. The van der Waals surface area contributed by atoms with E-state index >= 15 is 0 Å². The fourth-order valence-corrected chi connectivity index (χ4v) is 7.53. The maximum Gasteiger partial charge on any atom is 0.312 e. The number of hydrazone groups is 1. The number of hydrogen-bond acceptors (Lipinski definition) is 14. The van der Waals surface area contributed by atoms with E-state index in [0.29, 0.717) is 13.1 Å². The zero-order valence-corrected chi connectivity index (χ0v) is 33.5. The van der Waals surface area contributed by atoms with Crippen molar-refractivity contribution in [1.82, 2.24) is 9.91 Å². The van der Waals surface area contributed by atoms with Gasteiger partial charge in [-0.15, -0.1) is 0 Å². The second-order valence-corrected chi connectivity index (χ2v) is 15.5. The highest BCUT2D eigenvalue weighted by Gasteiger charge is 2.50. The van der Waals surface area contributed by atoms with Crippen LogP contribution in [0.25, 0.3) is 10.8 Å². The molecular formula is C41H56N4O11. The number of aromatic hydroxyl groups is 3. The van der Waals surface area contributed by atoms with Gasteiger partial charge in [-0.3, -0.25) is 14.6 Å². The van der Waals surface area contributed by atoms with Crippen molar-refractivity contribution in [3.05, 3.63) is 52.8 Å². The topological polar surface area (TPSA) is 214 Å². The number of Topliss-reactive ketones (excluding diaryl/α,β-unsaturated/α-hetero) is 1. The number of ether oxygens (including phenoxy) is 3.